The average molecular weight is 373 g/mol. The highest BCUT2D eigenvalue weighted by molar-refractivity contribution is 7.77. The van der Waals surface area contributed by atoms with Crippen LogP contribution in [0, 0.1) is 0 Å². The van der Waals surface area contributed by atoms with E-state index in [1.165, 1.54) is 11.9 Å². The van der Waals surface area contributed by atoms with Gasteiger partial charge in [0, 0.05) is 23.7 Å². The van der Waals surface area contributed by atoms with Crippen LogP contribution in [0.4, 0.5) is 11.5 Å². The Morgan fingerprint density at radius 2 is 1.77 bits per heavy atom. The van der Waals surface area contributed by atoms with Crippen LogP contribution in [0.3, 0.4) is 0 Å². The highest BCUT2D eigenvalue weighted by Gasteiger charge is 2.10. The highest BCUT2D eigenvalue weighted by Crippen LogP contribution is 2.33. The van der Waals surface area contributed by atoms with E-state index in [4.69, 9.17) is 15.2 Å². The molecule has 0 radical (unpaired) electrons. The fraction of sp³-hybridized carbons (Fsp3) is 0.222. The third-order valence-electron chi connectivity index (χ3n) is 3.80. The summed E-state index contributed by atoms with van der Waals surface area (Å²) in [5.41, 5.74) is 8.56. The first-order valence-corrected chi connectivity index (χ1v) is 8.43. The van der Waals surface area contributed by atoms with Crippen LogP contribution in [-0.4, -0.2) is 30.7 Å². The van der Waals surface area contributed by atoms with Crippen molar-refractivity contribution in [3.05, 3.63) is 48.3 Å². The van der Waals surface area contributed by atoms with Gasteiger partial charge >= 0.3 is 0 Å². The van der Waals surface area contributed by atoms with E-state index in [1.54, 1.807) is 14.2 Å². The van der Waals surface area contributed by atoms with Gasteiger partial charge in [-0.3, -0.25) is 5.14 Å². The number of methoxy groups -OCH3 is 2. The van der Waals surface area contributed by atoms with Crippen LogP contribution in [-0.2, 0) is 6.42 Å². The molecule has 7 nitrogen and oxygen atoms in total. The van der Waals surface area contributed by atoms with Crippen molar-refractivity contribution in [3.63, 3.8) is 0 Å². The third-order valence-corrected chi connectivity index (χ3v) is 3.80. The molecular weight excluding hydrogens is 350 g/mol. The van der Waals surface area contributed by atoms with E-state index < -0.39 is 0 Å². The summed E-state index contributed by atoms with van der Waals surface area (Å²) >= 11 is 3.03. The summed E-state index contributed by atoms with van der Waals surface area (Å²) in [6.45, 7) is 0.740. The quantitative estimate of drug-likeness (QED) is 0.388. The van der Waals surface area contributed by atoms with E-state index in [1.807, 2.05) is 30.3 Å². The first-order valence-electron chi connectivity index (χ1n) is 7.92. The summed E-state index contributed by atoms with van der Waals surface area (Å²) in [5.74, 6) is 2.07. The molecule has 8 heteroatoms. The molecule has 0 aliphatic carbocycles. The fourth-order valence-corrected chi connectivity index (χ4v) is 2.60. The lowest BCUT2D eigenvalue weighted by molar-refractivity contribution is 0.356. The topological polar surface area (TPSA) is 108 Å². The van der Waals surface area contributed by atoms with Gasteiger partial charge < -0.3 is 20.5 Å². The van der Waals surface area contributed by atoms with Crippen LogP contribution in [0.25, 0.3) is 10.9 Å². The van der Waals surface area contributed by atoms with Crippen molar-refractivity contribution in [2.75, 3.05) is 31.8 Å². The Hall–Kier alpha value is -2.71. The summed E-state index contributed by atoms with van der Waals surface area (Å²) in [5, 5.41) is 8.44. The molecule has 0 atom stereocenters. The zero-order valence-corrected chi connectivity index (χ0v) is 15.7. The maximum atomic E-state index is 5.81. The number of anilines is 2. The second-order valence-corrected chi connectivity index (χ2v) is 5.37. The summed E-state index contributed by atoms with van der Waals surface area (Å²) in [6.07, 6.45) is 2.39. The summed E-state index contributed by atoms with van der Waals surface area (Å²) in [7, 11) is 3.22. The summed E-state index contributed by atoms with van der Waals surface area (Å²) in [6, 6.07) is 11.6. The van der Waals surface area contributed by atoms with Crippen LogP contribution >= 0.6 is 12.8 Å². The standard InChI is InChI=1S/C18H20N4O2.H3NS/c1-23-16-9-14-15(10-17(16)24-2)21-11-22-18(14)20-7-6-12-4-3-5-13(19)8-12;1-2/h3-5,8-11H,6-7,19H2,1-2H3,(H,20,21,22);2H,1H2. The number of nitrogen functional groups attached to an aromatic ring is 1. The smallest absolute Gasteiger partial charge is 0.162 e. The molecule has 2 aromatic carbocycles. The van der Waals surface area contributed by atoms with Gasteiger partial charge in [-0.1, -0.05) is 12.1 Å². The largest absolute Gasteiger partial charge is 0.493 e. The molecule has 0 spiro atoms. The van der Waals surface area contributed by atoms with Gasteiger partial charge in [0.1, 0.15) is 12.1 Å². The maximum Gasteiger partial charge on any atom is 0.162 e. The van der Waals surface area contributed by atoms with E-state index in [2.05, 4.69) is 39.3 Å². The van der Waals surface area contributed by atoms with Crippen molar-refractivity contribution >= 4 is 35.2 Å². The Balaban J connectivity index is 0.00000117. The fourth-order valence-electron chi connectivity index (χ4n) is 2.60. The van der Waals surface area contributed by atoms with Gasteiger partial charge in [-0.15, -0.1) is 12.8 Å². The molecule has 3 rings (SSSR count). The van der Waals surface area contributed by atoms with E-state index in [-0.39, 0.29) is 0 Å². The molecule has 0 bridgehead atoms. The Kier molecular flexibility index (Phi) is 7.31. The van der Waals surface area contributed by atoms with Crippen LogP contribution < -0.4 is 25.7 Å². The number of rotatable bonds is 6. The number of hydrogen-bond donors (Lipinski definition) is 4. The van der Waals surface area contributed by atoms with Crippen molar-refractivity contribution in [2.24, 2.45) is 5.14 Å². The predicted molar refractivity (Wildman–Crippen MR) is 109 cm³/mol. The van der Waals surface area contributed by atoms with Crippen LogP contribution in [0.5, 0.6) is 11.5 Å². The van der Waals surface area contributed by atoms with Gasteiger partial charge in [-0.25, -0.2) is 9.97 Å². The van der Waals surface area contributed by atoms with Crippen molar-refractivity contribution in [3.8, 4) is 11.5 Å². The van der Waals surface area contributed by atoms with Gasteiger partial charge in [-0.05, 0) is 30.2 Å². The van der Waals surface area contributed by atoms with Crippen LogP contribution in [0.1, 0.15) is 5.56 Å². The maximum absolute atomic E-state index is 5.81. The zero-order valence-electron chi connectivity index (χ0n) is 14.8. The number of ether oxygens (including phenoxy) is 2. The molecular formula is C18H23N5O2S. The summed E-state index contributed by atoms with van der Waals surface area (Å²) in [4.78, 5) is 8.64. The zero-order chi connectivity index (χ0) is 18.9. The number of fused-ring (bicyclic) bond motifs is 1. The highest BCUT2D eigenvalue weighted by atomic mass is 32.1. The SMILES string of the molecule is COc1cc2ncnc(NCCc3cccc(N)c3)c2cc1OC.NS. The number of nitrogens with zero attached hydrogens (tertiary/aromatic N) is 2. The first kappa shape index (κ1) is 19.6. The molecule has 0 fully saturated rings. The van der Waals surface area contributed by atoms with Crippen LogP contribution in [0.2, 0.25) is 0 Å². The Morgan fingerprint density at radius 1 is 1.04 bits per heavy atom. The van der Waals surface area contributed by atoms with Crippen molar-refractivity contribution in [1.82, 2.24) is 9.97 Å². The van der Waals surface area contributed by atoms with Gasteiger partial charge in [0.2, 0.25) is 0 Å². The minimum absolute atomic E-state index is 0.648. The number of hydrogen-bond acceptors (Lipinski definition) is 8. The van der Waals surface area contributed by atoms with Crippen molar-refractivity contribution in [1.29, 1.82) is 0 Å². The lowest BCUT2D eigenvalue weighted by Crippen LogP contribution is -2.07. The molecule has 0 unspecified atom stereocenters. The molecule has 1 aromatic heterocycles. The molecule has 3 aromatic rings. The number of benzene rings is 2. The molecule has 1 heterocycles. The molecule has 0 saturated carbocycles. The van der Waals surface area contributed by atoms with Crippen LogP contribution in [0.15, 0.2) is 42.7 Å². The summed E-state index contributed by atoms with van der Waals surface area (Å²) < 4.78 is 10.7. The Labute approximate surface area is 158 Å². The molecule has 0 saturated heterocycles. The molecule has 0 amide bonds. The minimum atomic E-state index is 0.648. The number of nitrogens with one attached hydrogen (secondary N) is 1. The number of nitrogens with two attached hydrogens (primary N) is 2. The normalized spacial score (nSPS) is 10.0. The van der Waals surface area contributed by atoms with Gasteiger partial charge in [0.15, 0.2) is 11.5 Å². The molecule has 138 valence electrons. The lowest BCUT2D eigenvalue weighted by Gasteiger charge is -2.12. The Morgan fingerprint density at radius 3 is 2.46 bits per heavy atom. The third kappa shape index (κ3) is 4.68. The lowest BCUT2D eigenvalue weighted by atomic mass is 10.1. The monoisotopic (exact) mass is 373 g/mol. The number of thiol groups is 1. The Bertz CT molecular complexity index is 860. The first-order chi connectivity index (χ1) is 12.7. The van der Waals surface area contributed by atoms with Gasteiger partial charge in [0.05, 0.1) is 19.7 Å². The minimum Gasteiger partial charge on any atom is -0.493 e. The van der Waals surface area contributed by atoms with Crippen molar-refractivity contribution in [2.45, 2.75) is 6.42 Å². The van der Waals surface area contributed by atoms with E-state index in [0.29, 0.717) is 11.5 Å². The second kappa shape index (κ2) is 9.69. The molecule has 5 N–H and O–H groups in total. The molecule has 0 aliphatic heterocycles. The van der Waals surface area contributed by atoms with Gasteiger partial charge in [-0.2, -0.15) is 0 Å². The second-order valence-electron chi connectivity index (χ2n) is 5.37. The average Bonchev–Trinajstić information content (AvgIpc) is 2.68. The predicted octanol–water partition coefficient (Wildman–Crippen LogP) is 2.67. The van der Waals surface area contributed by atoms with Crippen molar-refractivity contribution < 1.29 is 9.47 Å². The molecule has 26 heavy (non-hydrogen) atoms. The molecule has 0 aliphatic rings. The van der Waals surface area contributed by atoms with E-state index in [9.17, 15) is 0 Å². The van der Waals surface area contributed by atoms with Gasteiger partial charge in [0.25, 0.3) is 0 Å². The van der Waals surface area contributed by atoms with E-state index in [0.717, 1.165) is 35.4 Å². The van der Waals surface area contributed by atoms with E-state index >= 15 is 0 Å². The number of aromatic nitrogens is 2.